The van der Waals surface area contributed by atoms with E-state index in [0.717, 1.165) is 0 Å². The standard InChI is InChI=1S/C17H26N3O5PS/c1-4-16(26(21,24-5-2)25-6-3)20-17-13-8-7-9-15(27(19,22)23)12(13)10-11-14(17)18/h7-11,16,20H,4-6,18H2,1-3H3,(H2,19,22,23). The number of fused-ring (bicyclic) bond motifs is 1. The molecule has 0 aliphatic heterocycles. The van der Waals surface area contributed by atoms with E-state index in [1.165, 1.54) is 6.07 Å². The molecule has 10 heteroatoms. The monoisotopic (exact) mass is 415 g/mol. The van der Waals surface area contributed by atoms with E-state index in [1.807, 2.05) is 6.92 Å². The maximum absolute atomic E-state index is 13.2. The first kappa shape index (κ1) is 21.7. The molecule has 0 aromatic heterocycles. The van der Waals surface area contributed by atoms with Crippen LogP contribution in [0.4, 0.5) is 11.4 Å². The first-order chi connectivity index (χ1) is 12.7. The van der Waals surface area contributed by atoms with Crippen LogP contribution in [0.5, 0.6) is 0 Å². The third-order valence-electron chi connectivity index (χ3n) is 4.06. The van der Waals surface area contributed by atoms with Gasteiger partial charge in [0, 0.05) is 10.8 Å². The summed E-state index contributed by atoms with van der Waals surface area (Å²) in [5, 5.41) is 9.46. The minimum absolute atomic E-state index is 0.00565. The average Bonchev–Trinajstić information content (AvgIpc) is 2.60. The Bertz CT molecular complexity index is 954. The lowest BCUT2D eigenvalue weighted by molar-refractivity contribution is 0.213. The Morgan fingerprint density at radius 3 is 2.22 bits per heavy atom. The number of anilines is 2. The van der Waals surface area contributed by atoms with E-state index < -0.39 is 23.4 Å². The van der Waals surface area contributed by atoms with Gasteiger partial charge in [-0.25, -0.2) is 13.6 Å². The molecule has 2 rings (SSSR count). The van der Waals surface area contributed by atoms with Crippen molar-refractivity contribution in [2.75, 3.05) is 24.3 Å². The minimum atomic E-state index is -3.91. The Morgan fingerprint density at radius 1 is 1.07 bits per heavy atom. The predicted molar refractivity (Wildman–Crippen MR) is 108 cm³/mol. The number of hydrogen-bond donors (Lipinski definition) is 3. The Hall–Kier alpha value is -1.64. The SMILES string of the molecule is CCOP(=O)(OCC)C(CC)Nc1c(N)ccc2c(S(N)(=O)=O)cccc12. The third-order valence-corrected chi connectivity index (χ3v) is 7.52. The molecule has 0 aliphatic carbocycles. The molecule has 0 bridgehead atoms. The highest BCUT2D eigenvalue weighted by Crippen LogP contribution is 2.54. The lowest BCUT2D eigenvalue weighted by atomic mass is 10.1. The van der Waals surface area contributed by atoms with Crippen molar-refractivity contribution in [1.82, 2.24) is 0 Å². The van der Waals surface area contributed by atoms with Crippen LogP contribution in [-0.2, 0) is 23.6 Å². The number of sulfonamides is 1. The van der Waals surface area contributed by atoms with Crippen molar-refractivity contribution in [2.24, 2.45) is 5.14 Å². The molecule has 1 atom stereocenters. The maximum Gasteiger partial charge on any atom is 0.352 e. The summed E-state index contributed by atoms with van der Waals surface area (Å²) in [5.74, 6) is -0.650. The Kier molecular flexibility index (Phi) is 6.88. The van der Waals surface area contributed by atoms with Gasteiger partial charge in [0.15, 0.2) is 0 Å². The van der Waals surface area contributed by atoms with E-state index in [0.29, 0.717) is 28.6 Å². The van der Waals surface area contributed by atoms with E-state index in [9.17, 15) is 13.0 Å². The molecule has 27 heavy (non-hydrogen) atoms. The fraction of sp³-hybridized carbons (Fsp3) is 0.412. The predicted octanol–water partition coefficient (Wildman–Crippen LogP) is 3.48. The molecule has 8 nitrogen and oxygen atoms in total. The highest BCUT2D eigenvalue weighted by molar-refractivity contribution is 7.89. The van der Waals surface area contributed by atoms with Crippen molar-refractivity contribution in [3.05, 3.63) is 30.3 Å². The van der Waals surface area contributed by atoms with Crippen LogP contribution >= 0.6 is 7.60 Å². The molecule has 1 unspecified atom stereocenters. The fourth-order valence-corrected chi connectivity index (χ4v) is 5.54. The molecule has 0 heterocycles. The molecule has 5 N–H and O–H groups in total. The van der Waals surface area contributed by atoms with Gasteiger partial charge in [-0.1, -0.05) is 25.1 Å². The molecular weight excluding hydrogens is 389 g/mol. The zero-order chi connectivity index (χ0) is 20.2. The summed E-state index contributed by atoms with van der Waals surface area (Å²) in [4.78, 5) is -0.00565. The van der Waals surface area contributed by atoms with Gasteiger partial charge >= 0.3 is 7.60 Å². The topological polar surface area (TPSA) is 134 Å². The summed E-state index contributed by atoms with van der Waals surface area (Å²) in [5.41, 5.74) is 6.97. The van der Waals surface area contributed by atoms with Gasteiger partial charge in [0.25, 0.3) is 0 Å². The van der Waals surface area contributed by atoms with Gasteiger partial charge in [0.05, 0.1) is 29.5 Å². The number of benzene rings is 2. The first-order valence-corrected chi connectivity index (χ1v) is 11.8. The van der Waals surface area contributed by atoms with Crippen molar-refractivity contribution < 1.29 is 22.0 Å². The molecule has 0 fully saturated rings. The molecule has 0 aliphatic rings. The van der Waals surface area contributed by atoms with Crippen LogP contribution in [0.1, 0.15) is 27.2 Å². The summed E-state index contributed by atoms with van der Waals surface area (Å²) in [6.07, 6.45) is 0.446. The Morgan fingerprint density at radius 2 is 1.70 bits per heavy atom. The van der Waals surface area contributed by atoms with Crippen LogP contribution in [0.25, 0.3) is 10.8 Å². The smallest absolute Gasteiger partial charge is 0.352 e. The molecule has 0 saturated heterocycles. The van der Waals surface area contributed by atoms with Crippen molar-refractivity contribution >= 4 is 39.8 Å². The number of rotatable bonds is 9. The summed E-state index contributed by atoms with van der Waals surface area (Å²) in [6, 6.07) is 7.92. The zero-order valence-electron chi connectivity index (χ0n) is 15.6. The fourth-order valence-electron chi connectivity index (χ4n) is 2.90. The van der Waals surface area contributed by atoms with Gasteiger partial charge in [-0.05, 0) is 32.4 Å². The van der Waals surface area contributed by atoms with Crippen LogP contribution in [0.15, 0.2) is 35.2 Å². The normalized spacial score (nSPS) is 13.6. The van der Waals surface area contributed by atoms with Crippen molar-refractivity contribution in [3.63, 3.8) is 0 Å². The van der Waals surface area contributed by atoms with Crippen LogP contribution in [0.2, 0.25) is 0 Å². The number of nitrogens with two attached hydrogens (primary N) is 2. The second kappa shape index (κ2) is 8.58. The Balaban J connectivity index is 2.61. The average molecular weight is 415 g/mol. The molecule has 0 saturated carbocycles. The molecule has 0 spiro atoms. The second-order valence-corrected chi connectivity index (χ2v) is 9.62. The first-order valence-electron chi connectivity index (χ1n) is 8.67. The molecule has 2 aromatic carbocycles. The van der Waals surface area contributed by atoms with Gasteiger partial charge in [0.2, 0.25) is 10.0 Å². The van der Waals surface area contributed by atoms with Crippen LogP contribution in [0.3, 0.4) is 0 Å². The van der Waals surface area contributed by atoms with Gasteiger partial charge < -0.3 is 20.1 Å². The van der Waals surface area contributed by atoms with E-state index in [1.54, 1.807) is 38.1 Å². The van der Waals surface area contributed by atoms with Gasteiger partial charge in [-0.15, -0.1) is 0 Å². The van der Waals surface area contributed by atoms with Crippen molar-refractivity contribution in [1.29, 1.82) is 0 Å². The number of primary sulfonamides is 1. The van der Waals surface area contributed by atoms with E-state index >= 15 is 0 Å². The lowest BCUT2D eigenvalue weighted by Gasteiger charge is -2.28. The molecule has 150 valence electrons. The summed E-state index contributed by atoms with van der Waals surface area (Å²) in [6.45, 7) is 5.79. The quantitative estimate of drug-likeness (QED) is 0.422. The van der Waals surface area contributed by atoms with Crippen molar-refractivity contribution in [3.8, 4) is 0 Å². The van der Waals surface area contributed by atoms with Crippen LogP contribution < -0.4 is 16.2 Å². The number of hydrogen-bond acceptors (Lipinski definition) is 7. The van der Waals surface area contributed by atoms with Crippen LogP contribution in [0, 0.1) is 0 Å². The number of nitrogens with one attached hydrogen (secondary N) is 1. The van der Waals surface area contributed by atoms with Crippen LogP contribution in [-0.4, -0.2) is 27.4 Å². The highest BCUT2D eigenvalue weighted by atomic mass is 32.2. The van der Waals surface area contributed by atoms with E-state index in [4.69, 9.17) is 19.9 Å². The zero-order valence-corrected chi connectivity index (χ0v) is 17.3. The minimum Gasteiger partial charge on any atom is -0.397 e. The molecular formula is C17H26N3O5PS. The summed E-state index contributed by atoms with van der Waals surface area (Å²) in [7, 11) is -7.36. The molecule has 2 aromatic rings. The second-order valence-electron chi connectivity index (χ2n) is 5.87. The summed E-state index contributed by atoms with van der Waals surface area (Å²) < 4.78 is 47.8. The Labute approximate surface area is 159 Å². The molecule has 0 amide bonds. The largest absolute Gasteiger partial charge is 0.397 e. The third kappa shape index (κ3) is 4.62. The highest BCUT2D eigenvalue weighted by Gasteiger charge is 2.35. The maximum atomic E-state index is 13.2. The van der Waals surface area contributed by atoms with Crippen molar-refractivity contribution in [2.45, 2.75) is 37.9 Å². The van der Waals surface area contributed by atoms with Gasteiger partial charge in [-0.2, -0.15) is 0 Å². The van der Waals surface area contributed by atoms with E-state index in [-0.39, 0.29) is 18.1 Å². The summed E-state index contributed by atoms with van der Waals surface area (Å²) >= 11 is 0. The van der Waals surface area contributed by atoms with E-state index in [2.05, 4.69) is 5.32 Å². The molecule has 0 radical (unpaired) electrons. The van der Waals surface area contributed by atoms with Gasteiger partial charge in [-0.3, -0.25) is 4.57 Å². The lowest BCUT2D eigenvalue weighted by Crippen LogP contribution is -2.23. The van der Waals surface area contributed by atoms with Gasteiger partial charge in [0.1, 0.15) is 5.78 Å². The number of nitrogen functional groups attached to an aromatic ring is 1.